The Morgan fingerprint density at radius 2 is 2.05 bits per heavy atom. The summed E-state index contributed by atoms with van der Waals surface area (Å²) in [7, 11) is 0. The van der Waals surface area contributed by atoms with Crippen LogP contribution < -0.4 is 0 Å². The number of rotatable bonds is 3. The molecule has 0 saturated heterocycles. The van der Waals surface area contributed by atoms with E-state index in [1.54, 1.807) is 0 Å². The molecule has 0 aliphatic heterocycles. The molecule has 0 spiro atoms. The van der Waals surface area contributed by atoms with E-state index < -0.39 is 0 Å². The van der Waals surface area contributed by atoms with E-state index in [1.807, 2.05) is 6.92 Å². The third-order valence-corrected chi connectivity index (χ3v) is 5.15. The van der Waals surface area contributed by atoms with E-state index in [4.69, 9.17) is 0 Å². The van der Waals surface area contributed by atoms with Gasteiger partial charge in [-0.3, -0.25) is 4.79 Å². The standard InChI is InChI=1S/C17H27N3O/c1-3-20(14-7-5-4-6-8-14)17(21)13-9-10-15-16(11-13)19-12(2)18-15/h13-14H,3-11H2,1-2H3,(H,18,19). The van der Waals surface area contributed by atoms with E-state index in [9.17, 15) is 4.79 Å². The molecule has 4 heteroatoms. The van der Waals surface area contributed by atoms with Crippen molar-refractivity contribution in [2.24, 2.45) is 5.92 Å². The number of imidazole rings is 1. The number of hydrogen-bond acceptors (Lipinski definition) is 2. The van der Waals surface area contributed by atoms with Gasteiger partial charge in [-0.25, -0.2) is 4.98 Å². The Morgan fingerprint density at radius 3 is 2.76 bits per heavy atom. The number of aromatic nitrogens is 2. The third-order valence-electron chi connectivity index (χ3n) is 5.15. The molecule has 4 nitrogen and oxygen atoms in total. The number of nitrogens with one attached hydrogen (secondary N) is 1. The molecule has 2 aliphatic rings. The molecule has 1 fully saturated rings. The molecule has 1 saturated carbocycles. The molecular weight excluding hydrogens is 262 g/mol. The van der Waals surface area contributed by atoms with Crippen LogP contribution in [0.1, 0.15) is 62.7 Å². The fourth-order valence-electron chi connectivity index (χ4n) is 4.06. The van der Waals surface area contributed by atoms with Crippen molar-refractivity contribution in [3.05, 3.63) is 17.2 Å². The lowest BCUT2D eigenvalue weighted by Gasteiger charge is -2.36. The minimum atomic E-state index is 0.152. The summed E-state index contributed by atoms with van der Waals surface area (Å²) in [5.74, 6) is 1.51. The maximum absolute atomic E-state index is 12.9. The number of amides is 1. The fraction of sp³-hybridized carbons (Fsp3) is 0.765. The van der Waals surface area contributed by atoms with Crippen LogP contribution in [0.5, 0.6) is 0 Å². The molecule has 1 N–H and O–H groups in total. The van der Waals surface area contributed by atoms with Crippen molar-refractivity contribution in [3.63, 3.8) is 0 Å². The molecular formula is C17H27N3O. The number of H-pyrrole nitrogens is 1. The molecule has 0 bridgehead atoms. The number of aryl methyl sites for hydroxylation is 2. The minimum Gasteiger partial charge on any atom is -0.346 e. The van der Waals surface area contributed by atoms with Crippen molar-refractivity contribution in [3.8, 4) is 0 Å². The topological polar surface area (TPSA) is 49.0 Å². The Morgan fingerprint density at radius 1 is 1.29 bits per heavy atom. The van der Waals surface area contributed by atoms with E-state index >= 15 is 0 Å². The molecule has 1 atom stereocenters. The molecule has 1 amide bonds. The Kier molecular flexibility index (Phi) is 4.32. The lowest BCUT2D eigenvalue weighted by molar-refractivity contribution is -0.138. The van der Waals surface area contributed by atoms with Gasteiger partial charge < -0.3 is 9.88 Å². The summed E-state index contributed by atoms with van der Waals surface area (Å²) >= 11 is 0. The zero-order valence-electron chi connectivity index (χ0n) is 13.3. The van der Waals surface area contributed by atoms with Gasteiger partial charge in [0.2, 0.25) is 5.91 Å². The Bertz CT molecular complexity index is 502. The molecule has 3 rings (SSSR count). The van der Waals surface area contributed by atoms with Gasteiger partial charge in [-0.05, 0) is 39.5 Å². The Labute approximate surface area is 127 Å². The summed E-state index contributed by atoms with van der Waals surface area (Å²) in [4.78, 5) is 23.0. The van der Waals surface area contributed by atoms with Crippen molar-refractivity contribution in [2.45, 2.75) is 71.3 Å². The lowest BCUT2D eigenvalue weighted by Crippen LogP contribution is -2.45. The van der Waals surface area contributed by atoms with Crippen molar-refractivity contribution < 1.29 is 4.79 Å². The zero-order valence-corrected chi connectivity index (χ0v) is 13.3. The molecule has 116 valence electrons. The smallest absolute Gasteiger partial charge is 0.226 e. The molecule has 21 heavy (non-hydrogen) atoms. The number of carbonyl (C=O) groups is 1. The van der Waals surface area contributed by atoms with E-state index in [-0.39, 0.29) is 5.92 Å². The van der Waals surface area contributed by atoms with Crippen LogP contribution in [0.3, 0.4) is 0 Å². The van der Waals surface area contributed by atoms with Crippen molar-refractivity contribution >= 4 is 5.91 Å². The summed E-state index contributed by atoms with van der Waals surface area (Å²) < 4.78 is 0. The van der Waals surface area contributed by atoms with Crippen LogP contribution in [0.25, 0.3) is 0 Å². The summed E-state index contributed by atoms with van der Waals surface area (Å²) in [6.07, 6.45) is 9.03. The highest BCUT2D eigenvalue weighted by Gasteiger charge is 2.32. The van der Waals surface area contributed by atoms with Crippen LogP contribution in [0, 0.1) is 12.8 Å². The SMILES string of the molecule is CCN(C(=O)C1CCc2nc(C)[nH]c2C1)C1CCCCC1. The predicted molar refractivity (Wildman–Crippen MR) is 83.1 cm³/mol. The van der Waals surface area contributed by atoms with Crippen molar-refractivity contribution in [2.75, 3.05) is 6.54 Å². The first-order chi connectivity index (χ1) is 10.2. The van der Waals surface area contributed by atoms with E-state index in [1.165, 1.54) is 43.5 Å². The maximum atomic E-state index is 12.9. The Hall–Kier alpha value is -1.32. The van der Waals surface area contributed by atoms with Gasteiger partial charge in [-0.2, -0.15) is 0 Å². The van der Waals surface area contributed by atoms with Crippen LogP contribution in [-0.4, -0.2) is 33.4 Å². The van der Waals surface area contributed by atoms with Gasteiger partial charge in [0, 0.05) is 30.6 Å². The predicted octanol–water partition coefficient (Wildman–Crippen LogP) is 3.00. The fourth-order valence-corrected chi connectivity index (χ4v) is 4.06. The van der Waals surface area contributed by atoms with Crippen LogP contribution in [0.15, 0.2) is 0 Å². The first kappa shape index (κ1) is 14.6. The minimum absolute atomic E-state index is 0.152. The number of nitrogens with zero attached hydrogens (tertiary/aromatic N) is 2. The molecule has 2 aliphatic carbocycles. The van der Waals surface area contributed by atoms with Gasteiger partial charge in [-0.15, -0.1) is 0 Å². The summed E-state index contributed by atoms with van der Waals surface area (Å²) in [5.41, 5.74) is 2.37. The van der Waals surface area contributed by atoms with Gasteiger partial charge in [0.05, 0.1) is 5.69 Å². The van der Waals surface area contributed by atoms with Crippen molar-refractivity contribution in [1.29, 1.82) is 0 Å². The highest BCUT2D eigenvalue weighted by molar-refractivity contribution is 5.79. The number of aromatic amines is 1. The second-order valence-corrected chi connectivity index (χ2v) is 6.60. The molecule has 1 aromatic rings. The molecule has 1 aromatic heterocycles. The van der Waals surface area contributed by atoms with E-state index in [2.05, 4.69) is 21.8 Å². The molecule has 1 heterocycles. The number of hydrogen-bond donors (Lipinski definition) is 1. The summed E-state index contributed by atoms with van der Waals surface area (Å²) in [6, 6.07) is 0.487. The molecule has 1 unspecified atom stereocenters. The van der Waals surface area contributed by atoms with Crippen molar-refractivity contribution in [1.82, 2.24) is 14.9 Å². The third kappa shape index (κ3) is 2.99. The normalized spacial score (nSPS) is 22.9. The average Bonchev–Trinajstić information content (AvgIpc) is 2.88. The van der Waals surface area contributed by atoms with Crippen LogP contribution in [0.2, 0.25) is 0 Å². The molecule has 0 aromatic carbocycles. The number of fused-ring (bicyclic) bond motifs is 1. The van der Waals surface area contributed by atoms with Gasteiger partial charge >= 0.3 is 0 Å². The highest BCUT2D eigenvalue weighted by atomic mass is 16.2. The van der Waals surface area contributed by atoms with E-state index in [0.717, 1.165) is 31.6 Å². The summed E-state index contributed by atoms with van der Waals surface area (Å²) in [5, 5.41) is 0. The van der Waals surface area contributed by atoms with Gasteiger partial charge in [0.15, 0.2) is 0 Å². The largest absolute Gasteiger partial charge is 0.346 e. The second kappa shape index (κ2) is 6.20. The van der Waals surface area contributed by atoms with Gasteiger partial charge in [0.25, 0.3) is 0 Å². The zero-order chi connectivity index (χ0) is 14.8. The average molecular weight is 289 g/mol. The Balaban J connectivity index is 1.69. The van der Waals surface area contributed by atoms with Crippen LogP contribution in [-0.2, 0) is 17.6 Å². The maximum Gasteiger partial charge on any atom is 0.226 e. The van der Waals surface area contributed by atoms with Crippen LogP contribution >= 0.6 is 0 Å². The molecule has 0 radical (unpaired) electrons. The van der Waals surface area contributed by atoms with Crippen LogP contribution in [0.4, 0.5) is 0 Å². The quantitative estimate of drug-likeness (QED) is 0.930. The first-order valence-corrected chi connectivity index (χ1v) is 8.54. The van der Waals surface area contributed by atoms with Gasteiger partial charge in [-0.1, -0.05) is 19.3 Å². The lowest BCUT2D eigenvalue weighted by atomic mass is 9.87. The van der Waals surface area contributed by atoms with E-state index in [0.29, 0.717) is 11.9 Å². The first-order valence-electron chi connectivity index (χ1n) is 8.54. The highest BCUT2D eigenvalue weighted by Crippen LogP contribution is 2.29. The summed E-state index contributed by atoms with van der Waals surface area (Å²) in [6.45, 7) is 4.98. The monoisotopic (exact) mass is 289 g/mol. The number of carbonyl (C=O) groups excluding carboxylic acids is 1. The second-order valence-electron chi connectivity index (χ2n) is 6.60. The van der Waals surface area contributed by atoms with Gasteiger partial charge in [0.1, 0.15) is 5.82 Å².